The Bertz CT molecular complexity index is 662. The van der Waals surface area contributed by atoms with Crippen molar-refractivity contribution < 1.29 is 14.4 Å². The number of carbonyl (C=O) groups excluding carboxylic acids is 1. The van der Waals surface area contributed by atoms with E-state index >= 15 is 0 Å². The Labute approximate surface area is 118 Å². The smallest absolute Gasteiger partial charge is 0.257 e. The second kappa shape index (κ2) is 5.79. The highest BCUT2D eigenvalue weighted by Crippen LogP contribution is 2.18. The number of halogens is 1. The van der Waals surface area contributed by atoms with Gasteiger partial charge in [0.1, 0.15) is 17.2 Å². The van der Waals surface area contributed by atoms with Crippen molar-refractivity contribution in [1.29, 1.82) is 0 Å². The van der Waals surface area contributed by atoms with Crippen LogP contribution in [0.2, 0.25) is 0 Å². The monoisotopic (exact) mass is 293 g/mol. The molecule has 0 spiro atoms. The lowest BCUT2D eigenvalue weighted by molar-refractivity contribution is 0.102. The van der Waals surface area contributed by atoms with Gasteiger partial charge in [0.05, 0.1) is 0 Å². The second-order valence-corrected chi connectivity index (χ2v) is 5.05. The van der Waals surface area contributed by atoms with Gasteiger partial charge in [-0.25, -0.2) is 9.37 Å². The number of hydrogen-bond donors (Lipinski definition) is 2. The summed E-state index contributed by atoms with van der Waals surface area (Å²) in [5.74, 6) is -0.898. The van der Waals surface area contributed by atoms with E-state index in [1.165, 1.54) is 17.4 Å². The van der Waals surface area contributed by atoms with E-state index in [-0.39, 0.29) is 5.56 Å². The maximum Gasteiger partial charge on any atom is 0.257 e. The number of oxime groups is 1. The molecule has 5 nitrogen and oxygen atoms in total. The molecule has 0 aliphatic carbocycles. The number of aromatic nitrogens is 1. The first-order valence-corrected chi connectivity index (χ1v) is 6.60. The minimum Gasteiger partial charge on any atom is -0.411 e. The molecule has 0 aliphatic rings. The van der Waals surface area contributed by atoms with Crippen molar-refractivity contribution in [1.82, 2.24) is 4.98 Å². The largest absolute Gasteiger partial charge is 0.411 e. The first-order valence-electron chi connectivity index (χ1n) is 5.72. The predicted octanol–water partition coefficient (Wildman–Crippen LogP) is 3.04. The van der Waals surface area contributed by atoms with Crippen LogP contribution >= 0.6 is 11.3 Å². The summed E-state index contributed by atoms with van der Waals surface area (Å²) in [6, 6.07) is 4.10. The van der Waals surface area contributed by atoms with Crippen LogP contribution in [0.5, 0.6) is 0 Å². The van der Waals surface area contributed by atoms with Gasteiger partial charge in [-0.05, 0) is 37.6 Å². The van der Waals surface area contributed by atoms with Crippen LogP contribution in [0.4, 0.5) is 9.52 Å². The molecule has 104 valence electrons. The van der Waals surface area contributed by atoms with Gasteiger partial charge >= 0.3 is 0 Å². The average Bonchev–Trinajstić information content (AvgIpc) is 2.85. The van der Waals surface area contributed by atoms with Crippen LogP contribution in [0, 0.1) is 12.7 Å². The van der Waals surface area contributed by atoms with Crippen molar-refractivity contribution in [3.05, 3.63) is 46.2 Å². The van der Waals surface area contributed by atoms with Gasteiger partial charge in [0.25, 0.3) is 5.91 Å². The number of hydrogen-bond acceptors (Lipinski definition) is 5. The number of thiazole rings is 1. The molecular formula is C13H12FN3O2S. The minimum atomic E-state index is -0.460. The van der Waals surface area contributed by atoms with E-state index in [4.69, 9.17) is 5.21 Å². The molecule has 0 bridgehead atoms. The lowest BCUT2D eigenvalue weighted by Crippen LogP contribution is -2.12. The Morgan fingerprint density at radius 2 is 2.20 bits per heavy atom. The van der Waals surface area contributed by atoms with Crippen LogP contribution < -0.4 is 5.32 Å². The number of amides is 1. The molecule has 0 saturated carbocycles. The van der Waals surface area contributed by atoms with E-state index < -0.39 is 11.7 Å². The lowest BCUT2D eigenvalue weighted by atomic mass is 10.1. The summed E-state index contributed by atoms with van der Waals surface area (Å²) in [5, 5.41) is 16.3. The molecule has 20 heavy (non-hydrogen) atoms. The van der Waals surface area contributed by atoms with Gasteiger partial charge in [-0.1, -0.05) is 5.16 Å². The number of benzene rings is 1. The number of rotatable bonds is 3. The molecule has 0 unspecified atom stereocenters. The van der Waals surface area contributed by atoms with Crippen molar-refractivity contribution in [2.45, 2.75) is 13.8 Å². The van der Waals surface area contributed by atoms with Gasteiger partial charge in [-0.2, -0.15) is 0 Å². The topological polar surface area (TPSA) is 74.6 Å². The van der Waals surface area contributed by atoms with E-state index in [0.717, 1.165) is 6.07 Å². The third-order valence-electron chi connectivity index (χ3n) is 2.55. The second-order valence-electron chi connectivity index (χ2n) is 4.19. The van der Waals surface area contributed by atoms with E-state index in [1.807, 2.05) is 0 Å². The third-order valence-corrected chi connectivity index (χ3v) is 3.31. The lowest BCUT2D eigenvalue weighted by Gasteiger charge is -2.03. The van der Waals surface area contributed by atoms with Crippen LogP contribution in [-0.2, 0) is 0 Å². The highest BCUT2D eigenvalue weighted by atomic mass is 32.1. The SMILES string of the molecule is C/C(=N/O)c1csc(NC(=O)c2cc(C)cc(F)c2)n1. The Balaban J connectivity index is 2.17. The van der Waals surface area contributed by atoms with Crippen molar-refractivity contribution in [3.8, 4) is 0 Å². The molecule has 1 aromatic heterocycles. The van der Waals surface area contributed by atoms with Gasteiger partial charge in [0.15, 0.2) is 5.13 Å². The quantitative estimate of drug-likeness (QED) is 0.519. The van der Waals surface area contributed by atoms with Crippen LogP contribution in [0.15, 0.2) is 28.7 Å². The fraction of sp³-hybridized carbons (Fsp3) is 0.154. The molecule has 2 N–H and O–H groups in total. The normalized spacial score (nSPS) is 11.4. The summed E-state index contributed by atoms with van der Waals surface area (Å²) in [4.78, 5) is 16.1. The van der Waals surface area contributed by atoms with Crippen molar-refractivity contribution in [2.24, 2.45) is 5.16 Å². The predicted molar refractivity (Wildman–Crippen MR) is 75.2 cm³/mol. The molecule has 1 heterocycles. The molecule has 0 fully saturated rings. The van der Waals surface area contributed by atoms with Gasteiger partial charge < -0.3 is 5.21 Å². The van der Waals surface area contributed by atoms with E-state index in [0.29, 0.717) is 22.1 Å². The number of anilines is 1. The van der Waals surface area contributed by atoms with Gasteiger partial charge in [-0.3, -0.25) is 10.1 Å². The molecule has 1 aromatic carbocycles. The molecule has 0 radical (unpaired) electrons. The highest BCUT2D eigenvalue weighted by Gasteiger charge is 2.11. The van der Waals surface area contributed by atoms with Gasteiger partial charge in [0.2, 0.25) is 0 Å². The van der Waals surface area contributed by atoms with E-state index in [9.17, 15) is 9.18 Å². The van der Waals surface area contributed by atoms with Gasteiger partial charge in [0, 0.05) is 10.9 Å². The first-order chi connectivity index (χ1) is 9.49. The number of nitrogens with zero attached hydrogens (tertiary/aromatic N) is 2. The summed E-state index contributed by atoms with van der Waals surface area (Å²) >= 11 is 1.20. The van der Waals surface area contributed by atoms with Crippen LogP contribution in [0.25, 0.3) is 0 Å². The molecular weight excluding hydrogens is 281 g/mol. The number of aryl methyl sites for hydroxylation is 1. The minimum absolute atomic E-state index is 0.229. The average molecular weight is 293 g/mol. The molecule has 2 aromatic rings. The van der Waals surface area contributed by atoms with Crippen LogP contribution in [0.1, 0.15) is 28.5 Å². The molecule has 1 amide bonds. The summed E-state index contributed by atoms with van der Waals surface area (Å²) in [7, 11) is 0. The maximum absolute atomic E-state index is 13.2. The van der Waals surface area contributed by atoms with Gasteiger partial charge in [-0.15, -0.1) is 11.3 Å². The summed E-state index contributed by atoms with van der Waals surface area (Å²) < 4.78 is 13.2. The molecule has 0 atom stereocenters. The number of carbonyl (C=O) groups is 1. The first kappa shape index (κ1) is 14.1. The van der Waals surface area contributed by atoms with Crippen LogP contribution in [-0.4, -0.2) is 21.8 Å². The zero-order valence-electron chi connectivity index (χ0n) is 10.8. The van der Waals surface area contributed by atoms with Crippen molar-refractivity contribution >= 4 is 28.1 Å². The van der Waals surface area contributed by atoms with Crippen molar-refractivity contribution in [2.75, 3.05) is 5.32 Å². The number of nitrogens with one attached hydrogen (secondary N) is 1. The van der Waals surface area contributed by atoms with Crippen molar-refractivity contribution in [3.63, 3.8) is 0 Å². The Kier molecular flexibility index (Phi) is 4.09. The van der Waals surface area contributed by atoms with E-state index in [2.05, 4.69) is 15.5 Å². The fourth-order valence-electron chi connectivity index (χ4n) is 1.59. The summed E-state index contributed by atoms with van der Waals surface area (Å²) in [6.45, 7) is 3.30. The zero-order chi connectivity index (χ0) is 14.7. The summed E-state index contributed by atoms with van der Waals surface area (Å²) in [6.07, 6.45) is 0. The van der Waals surface area contributed by atoms with E-state index in [1.54, 1.807) is 25.3 Å². The maximum atomic E-state index is 13.2. The third kappa shape index (κ3) is 3.18. The molecule has 2 rings (SSSR count). The Hall–Kier alpha value is -2.28. The van der Waals surface area contributed by atoms with Crippen LogP contribution in [0.3, 0.4) is 0 Å². The molecule has 7 heteroatoms. The fourth-order valence-corrected chi connectivity index (χ4v) is 2.33. The summed E-state index contributed by atoms with van der Waals surface area (Å²) in [5.41, 5.74) is 1.72. The Morgan fingerprint density at radius 1 is 1.45 bits per heavy atom. The molecule has 0 aliphatic heterocycles. The highest BCUT2D eigenvalue weighted by molar-refractivity contribution is 7.14. The zero-order valence-corrected chi connectivity index (χ0v) is 11.7. The molecule has 0 saturated heterocycles. The standard InChI is InChI=1S/C13H12FN3O2S/c1-7-3-9(5-10(14)4-7)12(18)16-13-15-11(6-20-13)8(2)17-19/h3-6,19H,1-2H3,(H,15,16,18)/b17-8-. The Morgan fingerprint density at radius 3 is 2.85 bits per heavy atom.